The molecule has 2 amide bonds. The number of hydrogen-bond donors (Lipinski definition) is 4. The summed E-state index contributed by atoms with van der Waals surface area (Å²) < 4.78 is 0. The Morgan fingerprint density at radius 2 is 1.96 bits per heavy atom. The van der Waals surface area contributed by atoms with Gasteiger partial charge in [0.2, 0.25) is 11.8 Å². The van der Waals surface area contributed by atoms with Gasteiger partial charge in [-0.05, 0) is 17.9 Å². The van der Waals surface area contributed by atoms with Crippen molar-refractivity contribution in [3.8, 4) is 11.3 Å². The second-order valence-electron chi connectivity index (χ2n) is 6.39. The minimum Gasteiger partial charge on any atom is -0.349 e. The molecule has 25 heavy (non-hydrogen) atoms. The standard InChI is InChI=1S/C18H24N4O3/c1-12(2)8-14(9-17(23)22-25)18(24)20-11-16-19-10-15(21-16)13-6-4-3-5-7-13/h3-7,10,12,14,25H,8-9,11H2,1-2H3,(H,19,21)(H,20,24)(H,22,23)/t14-/m1/s1. The van der Waals surface area contributed by atoms with E-state index in [1.165, 1.54) is 0 Å². The molecule has 0 saturated carbocycles. The first-order chi connectivity index (χ1) is 12.0. The van der Waals surface area contributed by atoms with Crippen LogP contribution in [0.15, 0.2) is 36.5 Å². The fourth-order valence-electron chi connectivity index (χ4n) is 2.65. The van der Waals surface area contributed by atoms with Crippen LogP contribution >= 0.6 is 0 Å². The zero-order chi connectivity index (χ0) is 18.2. The van der Waals surface area contributed by atoms with Crippen molar-refractivity contribution in [2.75, 3.05) is 0 Å². The van der Waals surface area contributed by atoms with Crippen molar-refractivity contribution >= 4 is 11.8 Å². The highest BCUT2D eigenvalue weighted by Crippen LogP contribution is 2.17. The lowest BCUT2D eigenvalue weighted by atomic mass is 9.93. The van der Waals surface area contributed by atoms with Gasteiger partial charge in [0.25, 0.3) is 0 Å². The average molecular weight is 344 g/mol. The van der Waals surface area contributed by atoms with Gasteiger partial charge >= 0.3 is 0 Å². The van der Waals surface area contributed by atoms with Gasteiger partial charge in [0.1, 0.15) is 5.82 Å². The summed E-state index contributed by atoms with van der Waals surface area (Å²) in [5.74, 6) is -0.381. The molecular weight excluding hydrogens is 320 g/mol. The van der Waals surface area contributed by atoms with Crippen molar-refractivity contribution in [3.05, 3.63) is 42.4 Å². The van der Waals surface area contributed by atoms with Crippen LogP contribution in [-0.4, -0.2) is 27.0 Å². The Morgan fingerprint density at radius 1 is 1.24 bits per heavy atom. The lowest BCUT2D eigenvalue weighted by molar-refractivity contribution is -0.135. The smallest absolute Gasteiger partial charge is 0.244 e. The predicted octanol–water partition coefficient (Wildman–Crippen LogP) is 2.25. The molecule has 0 spiro atoms. The molecule has 1 heterocycles. The van der Waals surface area contributed by atoms with Crippen LogP contribution in [0.1, 0.15) is 32.5 Å². The molecular formula is C18H24N4O3. The SMILES string of the molecule is CC(C)C[C@H](CC(=O)NO)C(=O)NCc1ncc(-c2ccccc2)[nH]1. The first-order valence-corrected chi connectivity index (χ1v) is 8.29. The van der Waals surface area contributed by atoms with Gasteiger partial charge in [0.15, 0.2) is 0 Å². The average Bonchev–Trinajstić information content (AvgIpc) is 3.08. The molecule has 0 radical (unpaired) electrons. The van der Waals surface area contributed by atoms with Gasteiger partial charge in [-0.15, -0.1) is 0 Å². The topological polar surface area (TPSA) is 107 Å². The fourth-order valence-corrected chi connectivity index (χ4v) is 2.65. The summed E-state index contributed by atoms with van der Waals surface area (Å²) in [5, 5.41) is 11.5. The number of hydroxylamine groups is 1. The van der Waals surface area contributed by atoms with E-state index in [2.05, 4.69) is 15.3 Å². The van der Waals surface area contributed by atoms with Gasteiger partial charge in [-0.1, -0.05) is 44.2 Å². The van der Waals surface area contributed by atoms with E-state index in [1.54, 1.807) is 11.7 Å². The lowest BCUT2D eigenvalue weighted by Gasteiger charge is -2.17. The van der Waals surface area contributed by atoms with Crippen molar-refractivity contribution in [1.29, 1.82) is 0 Å². The number of rotatable bonds is 8. The molecule has 1 aromatic carbocycles. The van der Waals surface area contributed by atoms with E-state index in [9.17, 15) is 9.59 Å². The molecule has 0 saturated heterocycles. The zero-order valence-corrected chi connectivity index (χ0v) is 14.5. The summed E-state index contributed by atoms with van der Waals surface area (Å²) in [6.45, 7) is 4.21. The molecule has 7 heteroatoms. The summed E-state index contributed by atoms with van der Waals surface area (Å²) >= 11 is 0. The number of aromatic amines is 1. The normalized spacial score (nSPS) is 12.0. The predicted molar refractivity (Wildman–Crippen MR) is 93.4 cm³/mol. The van der Waals surface area contributed by atoms with Crippen LogP contribution in [0.4, 0.5) is 0 Å². The Bertz CT molecular complexity index is 697. The van der Waals surface area contributed by atoms with Crippen LogP contribution in [0.3, 0.4) is 0 Å². The summed E-state index contributed by atoms with van der Waals surface area (Å²) in [6, 6.07) is 9.78. The van der Waals surface area contributed by atoms with Gasteiger partial charge in [-0.3, -0.25) is 14.8 Å². The highest BCUT2D eigenvalue weighted by atomic mass is 16.5. The van der Waals surface area contributed by atoms with Crippen LogP contribution in [0.25, 0.3) is 11.3 Å². The van der Waals surface area contributed by atoms with Crippen LogP contribution in [-0.2, 0) is 16.1 Å². The number of aromatic nitrogens is 2. The molecule has 7 nitrogen and oxygen atoms in total. The van der Waals surface area contributed by atoms with Crippen LogP contribution < -0.4 is 10.8 Å². The van der Waals surface area contributed by atoms with Crippen LogP contribution in [0, 0.1) is 11.8 Å². The molecule has 0 fully saturated rings. The van der Waals surface area contributed by atoms with Crippen LogP contribution in [0.2, 0.25) is 0 Å². The van der Waals surface area contributed by atoms with Crippen molar-refractivity contribution in [2.45, 2.75) is 33.2 Å². The van der Waals surface area contributed by atoms with E-state index in [0.29, 0.717) is 12.2 Å². The van der Waals surface area contributed by atoms with Crippen molar-refractivity contribution in [2.24, 2.45) is 11.8 Å². The number of H-pyrrole nitrogens is 1. The molecule has 2 aromatic rings. The summed E-state index contributed by atoms with van der Waals surface area (Å²) in [7, 11) is 0. The van der Waals surface area contributed by atoms with E-state index in [0.717, 1.165) is 11.3 Å². The van der Waals surface area contributed by atoms with E-state index >= 15 is 0 Å². The highest BCUT2D eigenvalue weighted by Gasteiger charge is 2.23. The molecule has 1 atom stereocenters. The second-order valence-corrected chi connectivity index (χ2v) is 6.39. The molecule has 0 unspecified atom stereocenters. The third-order valence-corrected chi connectivity index (χ3v) is 3.83. The summed E-state index contributed by atoms with van der Waals surface area (Å²) in [4.78, 5) is 31.2. The Labute approximate surface area is 146 Å². The Kier molecular flexibility index (Phi) is 6.71. The maximum atomic E-state index is 12.4. The molecule has 0 aliphatic heterocycles. The van der Waals surface area contributed by atoms with Gasteiger partial charge in [0.05, 0.1) is 18.4 Å². The van der Waals surface area contributed by atoms with Gasteiger partial charge < -0.3 is 10.3 Å². The minimum absolute atomic E-state index is 0.0477. The number of imidazole rings is 1. The quantitative estimate of drug-likeness (QED) is 0.435. The van der Waals surface area contributed by atoms with E-state index in [-0.39, 0.29) is 24.8 Å². The van der Waals surface area contributed by atoms with Crippen molar-refractivity contribution in [3.63, 3.8) is 0 Å². The summed E-state index contributed by atoms with van der Waals surface area (Å²) in [6.07, 6.45) is 2.24. The minimum atomic E-state index is -0.565. The van der Waals surface area contributed by atoms with Crippen molar-refractivity contribution < 1.29 is 14.8 Å². The third-order valence-electron chi connectivity index (χ3n) is 3.83. The number of carbonyl (C=O) groups excluding carboxylic acids is 2. The first kappa shape index (κ1) is 18.7. The van der Waals surface area contributed by atoms with Gasteiger partial charge in [-0.25, -0.2) is 10.5 Å². The number of nitrogens with zero attached hydrogens (tertiary/aromatic N) is 1. The monoisotopic (exact) mass is 344 g/mol. The number of benzene rings is 1. The fraction of sp³-hybridized carbons (Fsp3) is 0.389. The molecule has 0 bridgehead atoms. The number of hydrogen-bond acceptors (Lipinski definition) is 4. The summed E-state index contributed by atoms with van der Waals surface area (Å²) in [5.41, 5.74) is 3.48. The molecule has 4 N–H and O–H groups in total. The molecule has 0 aliphatic carbocycles. The number of carbonyl (C=O) groups is 2. The largest absolute Gasteiger partial charge is 0.349 e. The van der Waals surface area contributed by atoms with Gasteiger partial charge in [0, 0.05) is 12.3 Å². The Balaban J connectivity index is 1.95. The molecule has 1 aromatic heterocycles. The molecule has 2 rings (SSSR count). The first-order valence-electron chi connectivity index (χ1n) is 8.29. The maximum absolute atomic E-state index is 12.4. The zero-order valence-electron chi connectivity index (χ0n) is 14.5. The maximum Gasteiger partial charge on any atom is 0.244 e. The molecule has 0 aliphatic rings. The van der Waals surface area contributed by atoms with E-state index in [1.807, 2.05) is 44.2 Å². The third kappa shape index (κ3) is 5.72. The Hall–Kier alpha value is -2.67. The lowest BCUT2D eigenvalue weighted by Crippen LogP contribution is -2.35. The van der Waals surface area contributed by atoms with E-state index < -0.39 is 11.8 Å². The number of amides is 2. The van der Waals surface area contributed by atoms with Gasteiger partial charge in [-0.2, -0.15) is 0 Å². The van der Waals surface area contributed by atoms with Crippen LogP contribution in [0.5, 0.6) is 0 Å². The molecule has 134 valence electrons. The number of nitrogens with one attached hydrogen (secondary N) is 3. The second kappa shape index (κ2) is 8.98. The van der Waals surface area contributed by atoms with Crippen molar-refractivity contribution in [1.82, 2.24) is 20.8 Å². The highest BCUT2D eigenvalue weighted by molar-refractivity contribution is 5.85. The van der Waals surface area contributed by atoms with E-state index in [4.69, 9.17) is 5.21 Å². The Morgan fingerprint density at radius 3 is 2.60 bits per heavy atom.